The van der Waals surface area contributed by atoms with Gasteiger partial charge in [-0.3, -0.25) is 4.79 Å². The number of nitrogens with one attached hydrogen (secondary N) is 1. The molecule has 5 nitrogen and oxygen atoms in total. The summed E-state index contributed by atoms with van der Waals surface area (Å²) in [5, 5.41) is 3.18. The van der Waals surface area contributed by atoms with Gasteiger partial charge in [-0.05, 0) is 46.1 Å². The molecular weight excluding hydrogens is 336 g/mol. The number of benzene rings is 1. The van der Waals surface area contributed by atoms with Crippen molar-refractivity contribution in [1.29, 1.82) is 0 Å². The molecular formula is C22H30N4O. The van der Waals surface area contributed by atoms with Crippen LogP contribution in [0, 0.1) is 12.8 Å². The summed E-state index contributed by atoms with van der Waals surface area (Å²) in [5.41, 5.74) is 3.13. The highest BCUT2D eigenvalue weighted by molar-refractivity contribution is 5.79. The molecule has 144 valence electrons. The van der Waals surface area contributed by atoms with Crippen molar-refractivity contribution in [2.75, 3.05) is 18.0 Å². The molecule has 1 saturated heterocycles. The molecule has 1 aromatic carbocycles. The van der Waals surface area contributed by atoms with Crippen LogP contribution in [-0.4, -0.2) is 34.5 Å². The van der Waals surface area contributed by atoms with Gasteiger partial charge in [0.05, 0.1) is 5.69 Å². The lowest BCUT2D eigenvalue weighted by Gasteiger charge is -2.34. The highest BCUT2D eigenvalue weighted by Crippen LogP contribution is 2.26. The second kappa shape index (κ2) is 8.07. The number of carbonyl (C=O) groups is 1. The summed E-state index contributed by atoms with van der Waals surface area (Å²) in [6.07, 6.45) is 4.28. The van der Waals surface area contributed by atoms with Gasteiger partial charge >= 0.3 is 0 Å². The average Bonchev–Trinajstić information content (AvgIpc) is 2.68. The van der Waals surface area contributed by atoms with Crippen LogP contribution in [-0.2, 0) is 4.79 Å². The Morgan fingerprint density at radius 1 is 1.22 bits per heavy atom. The number of piperidine rings is 1. The minimum absolute atomic E-state index is 0.0881. The van der Waals surface area contributed by atoms with E-state index in [0.29, 0.717) is 0 Å². The molecule has 0 bridgehead atoms. The van der Waals surface area contributed by atoms with Gasteiger partial charge < -0.3 is 10.2 Å². The van der Waals surface area contributed by atoms with E-state index in [1.807, 2.05) is 6.07 Å². The predicted octanol–water partition coefficient (Wildman–Crippen LogP) is 3.97. The van der Waals surface area contributed by atoms with Crippen LogP contribution in [0.2, 0.25) is 0 Å². The maximum Gasteiger partial charge on any atom is 0.223 e. The molecule has 0 spiro atoms. The van der Waals surface area contributed by atoms with E-state index in [1.54, 1.807) is 6.33 Å². The van der Waals surface area contributed by atoms with Crippen LogP contribution in [0.1, 0.15) is 45.6 Å². The highest BCUT2D eigenvalue weighted by Gasteiger charge is 2.28. The van der Waals surface area contributed by atoms with Crippen LogP contribution in [0.4, 0.5) is 5.82 Å². The predicted molar refractivity (Wildman–Crippen MR) is 110 cm³/mol. The van der Waals surface area contributed by atoms with Gasteiger partial charge in [0, 0.05) is 36.2 Å². The SMILES string of the molecule is CCC(C)(C)NC(=O)C1CCN(c2cc(-c3cccc(C)c3)ncn2)CC1. The van der Waals surface area contributed by atoms with E-state index >= 15 is 0 Å². The van der Waals surface area contributed by atoms with Crippen molar-refractivity contribution in [2.24, 2.45) is 5.92 Å². The third-order valence-electron chi connectivity index (χ3n) is 5.50. The average molecular weight is 367 g/mol. The number of carbonyl (C=O) groups excluding carboxylic acids is 1. The van der Waals surface area contributed by atoms with Gasteiger partial charge in [-0.15, -0.1) is 0 Å². The fourth-order valence-electron chi connectivity index (χ4n) is 3.38. The van der Waals surface area contributed by atoms with Crippen molar-refractivity contribution >= 4 is 11.7 Å². The zero-order valence-electron chi connectivity index (χ0n) is 16.8. The highest BCUT2D eigenvalue weighted by atomic mass is 16.2. The normalized spacial score (nSPS) is 15.6. The first-order chi connectivity index (χ1) is 12.9. The van der Waals surface area contributed by atoms with Crippen molar-refractivity contribution < 1.29 is 4.79 Å². The molecule has 27 heavy (non-hydrogen) atoms. The monoisotopic (exact) mass is 366 g/mol. The van der Waals surface area contributed by atoms with Gasteiger partial charge in [-0.2, -0.15) is 0 Å². The largest absolute Gasteiger partial charge is 0.356 e. The van der Waals surface area contributed by atoms with Gasteiger partial charge in [0.1, 0.15) is 12.1 Å². The lowest BCUT2D eigenvalue weighted by atomic mass is 9.93. The van der Waals surface area contributed by atoms with E-state index in [-0.39, 0.29) is 17.4 Å². The fraction of sp³-hybridized carbons (Fsp3) is 0.500. The zero-order chi connectivity index (χ0) is 19.4. The summed E-state index contributed by atoms with van der Waals surface area (Å²) in [4.78, 5) is 23.7. The third kappa shape index (κ3) is 4.85. The van der Waals surface area contributed by atoms with Crippen LogP contribution in [0.3, 0.4) is 0 Å². The number of aromatic nitrogens is 2. The Bertz CT molecular complexity index is 794. The first kappa shape index (κ1) is 19.3. The molecule has 1 fully saturated rings. The van der Waals surface area contributed by atoms with Crippen molar-refractivity contribution in [1.82, 2.24) is 15.3 Å². The van der Waals surface area contributed by atoms with Gasteiger partial charge in [0.2, 0.25) is 5.91 Å². The molecule has 0 unspecified atom stereocenters. The van der Waals surface area contributed by atoms with Gasteiger partial charge in [0.15, 0.2) is 0 Å². The van der Waals surface area contributed by atoms with E-state index in [4.69, 9.17) is 0 Å². The number of hydrogen-bond acceptors (Lipinski definition) is 4. The van der Waals surface area contributed by atoms with E-state index < -0.39 is 0 Å². The molecule has 1 N–H and O–H groups in total. The minimum atomic E-state index is -0.135. The van der Waals surface area contributed by atoms with Crippen molar-refractivity contribution in [2.45, 2.75) is 52.5 Å². The number of rotatable bonds is 5. The second-order valence-corrected chi connectivity index (χ2v) is 8.12. The molecule has 2 heterocycles. The third-order valence-corrected chi connectivity index (χ3v) is 5.50. The number of amides is 1. The van der Waals surface area contributed by atoms with E-state index in [0.717, 1.165) is 49.4 Å². The molecule has 3 rings (SSSR count). The molecule has 1 amide bonds. The molecule has 2 aromatic rings. The van der Waals surface area contributed by atoms with Crippen LogP contribution in [0.15, 0.2) is 36.7 Å². The number of nitrogens with zero attached hydrogens (tertiary/aromatic N) is 3. The van der Waals surface area contributed by atoms with Gasteiger partial charge in [-0.1, -0.05) is 30.7 Å². The van der Waals surface area contributed by atoms with Crippen molar-refractivity contribution in [3.63, 3.8) is 0 Å². The minimum Gasteiger partial charge on any atom is -0.356 e. The smallest absolute Gasteiger partial charge is 0.223 e. The van der Waals surface area contributed by atoms with Crippen molar-refractivity contribution in [3.05, 3.63) is 42.2 Å². The van der Waals surface area contributed by atoms with Crippen LogP contribution in [0.25, 0.3) is 11.3 Å². The first-order valence-electron chi connectivity index (χ1n) is 9.84. The molecule has 5 heteroatoms. The maximum atomic E-state index is 12.5. The van der Waals surface area contributed by atoms with E-state index in [2.05, 4.69) is 72.1 Å². The Labute approximate surface area is 162 Å². The summed E-state index contributed by atoms with van der Waals surface area (Å²) in [7, 11) is 0. The van der Waals surface area contributed by atoms with Crippen LogP contribution >= 0.6 is 0 Å². The Hall–Kier alpha value is -2.43. The molecule has 0 aliphatic carbocycles. The molecule has 1 aromatic heterocycles. The maximum absolute atomic E-state index is 12.5. The summed E-state index contributed by atoms with van der Waals surface area (Å²) < 4.78 is 0. The lowest BCUT2D eigenvalue weighted by molar-refractivity contribution is -0.127. The standard InChI is InChI=1S/C22H30N4O/c1-5-22(3,4)25-21(27)17-9-11-26(12-10-17)20-14-19(23-15-24-20)18-8-6-7-16(2)13-18/h6-8,13-15,17H,5,9-12H2,1-4H3,(H,25,27). The molecule has 1 aliphatic rings. The summed E-state index contributed by atoms with van der Waals surface area (Å²) in [6, 6.07) is 10.4. The van der Waals surface area contributed by atoms with Crippen LogP contribution < -0.4 is 10.2 Å². The summed E-state index contributed by atoms with van der Waals surface area (Å²) in [6.45, 7) is 10.0. The molecule has 0 radical (unpaired) electrons. The van der Waals surface area contributed by atoms with Crippen LogP contribution in [0.5, 0.6) is 0 Å². The van der Waals surface area contributed by atoms with E-state index in [1.165, 1.54) is 5.56 Å². The van der Waals surface area contributed by atoms with Gasteiger partial charge in [0.25, 0.3) is 0 Å². The summed E-state index contributed by atoms with van der Waals surface area (Å²) in [5.74, 6) is 1.21. The van der Waals surface area contributed by atoms with E-state index in [9.17, 15) is 4.79 Å². The number of anilines is 1. The lowest BCUT2D eigenvalue weighted by Crippen LogP contribution is -2.48. The Morgan fingerprint density at radius 2 is 1.96 bits per heavy atom. The topological polar surface area (TPSA) is 58.1 Å². The number of aryl methyl sites for hydroxylation is 1. The summed E-state index contributed by atoms with van der Waals surface area (Å²) >= 11 is 0. The Balaban J connectivity index is 1.65. The quantitative estimate of drug-likeness (QED) is 0.870. The Kier molecular flexibility index (Phi) is 5.78. The van der Waals surface area contributed by atoms with Crippen molar-refractivity contribution in [3.8, 4) is 11.3 Å². The molecule has 0 saturated carbocycles. The Morgan fingerprint density at radius 3 is 2.63 bits per heavy atom. The second-order valence-electron chi connectivity index (χ2n) is 8.12. The zero-order valence-corrected chi connectivity index (χ0v) is 16.8. The fourth-order valence-corrected chi connectivity index (χ4v) is 3.38. The molecule has 1 aliphatic heterocycles. The van der Waals surface area contributed by atoms with Gasteiger partial charge in [-0.25, -0.2) is 9.97 Å². The first-order valence-corrected chi connectivity index (χ1v) is 9.84. The number of hydrogen-bond donors (Lipinski definition) is 1. The molecule has 0 atom stereocenters.